The molecule has 9 heteroatoms. The lowest BCUT2D eigenvalue weighted by molar-refractivity contribution is 0.236. The van der Waals surface area contributed by atoms with Gasteiger partial charge in [0, 0.05) is 0 Å². The Labute approximate surface area is 61.4 Å². The maximum absolute atomic E-state index is 12.6. The van der Waals surface area contributed by atoms with Crippen molar-refractivity contribution < 1.29 is 33.1 Å². The van der Waals surface area contributed by atoms with Gasteiger partial charge in [-0.15, -0.1) is 0 Å². The molecule has 6 nitrogen and oxygen atoms in total. The average molecular weight is 208 g/mol. The number of alkyl halides is 1. The van der Waals surface area contributed by atoms with E-state index < -0.39 is 20.3 Å². The van der Waals surface area contributed by atoms with Crippen LogP contribution in [0.1, 0.15) is 6.92 Å². The van der Waals surface area contributed by atoms with E-state index in [2.05, 4.69) is 0 Å². The highest BCUT2D eigenvalue weighted by Gasteiger charge is 2.57. The maximum Gasteiger partial charge on any atom is 0.374 e. The van der Waals surface area contributed by atoms with Crippen LogP contribution in [0.15, 0.2) is 0 Å². The van der Waals surface area contributed by atoms with Crippen molar-refractivity contribution in [1.29, 1.82) is 0 Å². The Morgan fingerprint density at radius 3 is 1.27 bits per heavy atom. The summed E-state index contributed by atoms with van der Waals surface area (Å²) in [5, 5.41) is -3.79. The van der Waals surface area contributed by atoms with E-state index in [1.807, 2.05) is 0 Å². The molecule has 0 amide bonds. The molecule has 0 aliphatic carbocycles. The summed E-state index contributed by atoms with van der Waals surface area (Å²) in [6.45, 7) is 0.161. The molecule has 0 saturated heterocycles. The first-order chi connectivity index (χ1) is 4.50. The van der Waals surface area contributed by atoms with Gasteiger partial charge in [0.1, 0.15) is 0 Å². The summed E-state index contributed by atoms with van der Waals surface area (Å²) in [6.07, 6.45) is 0. The van der Waals surface area contributed by atoms with Crippen LogP contribution in [0.5, 0.6) is 0 Å². The van der Waals surface area contributed by atoms with Crippen LogP contribution >= 0.6 is 15.2 Å². The fraction of sp³-hybridized carbons (Fsp3) is 1.00. The van der Waals surface area contributed by atoms with E-state index in [1.165, 1.54) is 0 Å². The third-order valence-corrected chi connectivity index (χ3v) is 4.75. The van der Waals surface area contributed by atoms with Crippen LogP contribution in [0.25, 0.3) is 0 Å². The minimum Gasteiger partial charge on any atom is -0.322 e. The molecule has 0 bridgehead atoms. The van der Waals surface area contributed by atoms with Crippen LogP contribution in [-0.2, 0) is 9.13 Å². The average Bonchev–Trinajstić information content (AvgIpc) is 1.58. The summed E-state index contributed by atoms with van der Waals surface area (Å²) in [5.41, 5.74) is 0. The predicted molar refractivity (Wildman–Crippen MR) is 33.6 cm³/mol. The van der Waals surface area contributed by atoms with Crippen molar-refractivity contribution in [1.82, 2.24) is 0 Å². The molecular weight excluding hydrogens is 201 g/mol. The Hall–Kier alpha value is 0.230. The van der Waals surface area contributed by atoms with Crippen LogP contribution in [-0.4, -0.2) is 24.7 Å². The first-order valence-electron chi connectivity index (χ1n) is 2.30. The SMILES string of the molecule is CC(F)(P(=O)(O)O)P(=O)(O)O. The zero-order valence-electron chi connectivity index (χ0n) is 5.38. The molecule has 0 heterocycles. The van der Waals surface area contributed by atoms with Crippen LogP contribution in [0.3, 0.4) is 0 Å². The van der Waals surface area contributed by atoms with Crippen LogP contribution in [0, 0.1) is 0 Å². The Morgan fingerprint density at radius 1 is 1.09 bits per heavy atom. The number of rotatable bonds is 2. The van der Waals surface area contributed by atoms with Crippen molar-refractivity contribution in [3.8, 4) is 0 Å². The molecule has 0 spiro atoms. The maximum atomic E-state index is 12.6. The van der Waals surface area contributed by atoms with Gasteiger partial charge in [0.2, 0.25) is 0 Å². The van der Waals surface area contributed by atoms with Crippen molar-refractivity contribution in [2.75, 3.05) is 0 Å². The van der Waals surface area contributed by atoms with Gasteiger partial charge in [-0.3, -0.25) is 9.13 Å². The van der Waals surface area contributed by atoms with Gasteiger partial charge in [0.05, 0.1) is 0 Å². The Kier molecular flexibility index (Phi) is 2.68. The summed E-state index contributed by atoms with van der Waals surface area (Å²) in [6, 6.07) is 0. The summed E-state index contributed by atoms with van der Waals surface area (Å²) >= 11 is 0. The second-order valence-electron chi connectivity index (χ2n) is 1.99. The molecule has 0 aliphatic heterocycles. The number of hydrogen-bond acceptors (Lipinski definition) is 2. The molecule has 4 N–H and O–H groups in total. The fourth-order valence-corrected chi connectivity index (χ4v) is 1.53. The molecule has 0 unspecified atom stereocenters. The molecule has 0 aromatic carbocycles. The van der Waals surface area contributed by atoms with E-state index in [-0.39, 0.29) is 6.92 Å². The highest BCUT2D eigenvalue weighted by atomic mass is 31.2. The van der Waals surface area contributed by atoms with Crippen LogP contribution < -0.4 is 0 Å². The predicted octanol–water partition coefficient (Wildman–Crippen LogP) is -0.0150. The van der Waals surface area contributed by atoms with Gasteiger partial charge in [0.15, 0.2) is 0 Å². The zero-order valence-corrected chi connectivity index (χ0v) is 7.17. The largest absolute Gasteiger partial charge is 0.374 e. The number of halogens is 1. The summed E-state index contributed by atoms with van der Waals surface area (Å²) in [5.74, 6) is 0. The van der Waals surface area contributed by atoms with Gasteiger partial charge in [-0.05, 0) is 6.92 Å². The molecule has 0 radical (unpaired) electrons. The highest BCUT2D eigenvalue weighted by Crippen LogP contribution is 2.69. The quantitative estimate of drug-likeness (QED) is 0.474. The molecular formula is C2H7FO6P2. The zero-order chi connectivity index (χ0) is 9.50. The van der Waals surface area contributed by atoms with Crippen LogP contribution in [0.4, 0.5) is 4.39 Å². The normalized spacial score (nSPS) is 15.1. The molecule has 68 valence electrons. The van der Waals surface area contributed by atoms with E-state index in [9.17, 15) is 13.5 Å². The lowest BCUT2D eigenvalue weighted by atomic mass is 10.9. The van der Waals surface area contributed by atoms with Gasteiger partial charge < -0.3 is 19.6 Å². The molecule has 0 atom stereocenters. The van der Waals surface area contributed by atoms with Crippen molar-refractivity contribution >= 4 is 15.2 Å². The standard InChI is InChI=1S/C2H7FO6P2/c1-2(3,10(4,5)6)11(7,8)9/h1H3,(H2,4,5,6)(H2,7,8,9). The molecule has 0 aromatic heterocycles. The van der Waals surface area contributed by atoms with Crippen molar-refractivity contribution in [3.63, 3.8) is 0 Å². The van der Waals surface area contributed by atoms with Crippen molar-refractivity contribution in [2.45, 2.75) is 12.1 Å². The molecule has 0 saturated carbocycles. The van der Waals surface area contributed by atoms with Gasteiger partial charge in [-0.25, -0.2) is 4.39 Å². The minimum atomic E-state index is -5.42. The Balaban J connectivity index is 5.08. The second kappa shape index (κ2) is 2.62. The monoisotopic (exact) mass is 208 g/mol. The highest BCUT2D eigenvalue weighted by molar-refractivity contribution is 7.72. The smallest absolute Gasteiger partial charge is 0.322 e. The molecule has 0 fully saturated rings. The van der Waals surface area contributed by atoms with Gasteiger partial charge in [-0.1, -0.05) is 0 Å². The topological polar surface area (TPSA) is 115 Å². The number of hydrogen-bond donors (Lipinski definition) is 4. The minimum absolute atomic E-state index is 0.161. The first-order valence-corrected chi connectivity index (χ1v) is 5.53. The van der Waals surface area contributed by atoms with Crippen molar-refractivity contribution in [3.05, 3.63) is 0 Å². The van der Waals surface area contributed by atoms with Crippen LogP contribution in [0.2, 0.25) is 0 Å². The lowest BCUT2D eigenvalue weighted by Crippen LogP contribution is -2.17. The summed E-state index contributed by atoms with van der Waals surface area (Å²) < 4.78 is 32.8. The molecule has 11 heavy (non-hydrogen) atoms. The van der Waals surface area contributed by atoms with E-state index in [1.54, 1.807) is 0 Å². The second-order valence-corrected chi connectivity index (χ2v) is 6.20. The van der Waals surface area contributed by atoms with E-state index in [4.69, 9.17) is 19.6 Å². The molecule has 0 aliphatic rings. The molecule has 0 rings (SSSR count). The summed E-state index contributed by atoms with van der Waals surface area (Å²) in [7, 11) is -10.8. The van der Waals surface area contributed by atoms with Gasteiger partial charge >= 0.3 is 20.3 Å². The Bertz CT molecular complexity index is 211. The Morgan fingerprint density at radius 2 is 1.27 bits per heavy atom. The van der Waals surface area contributed by atoms with Gasteiger partial charge in [0.25, 0.3) is 0 Å². The fourth-order valence-electron chi connectivity index (χ4n) is 0.170. The van der Waals surface area contributed by atoms with E-state index >= 15 is 0 Å². The van der Waals surface area contributed by atoms with E-state index in [0.29, 0.717) is 0 Å². The summed E-state index contributed by atoms with van der Waals surface area (Å²) in [4.78, 5) is 32.5. The third-order valence-electron chi connectivity index (χ3n) is 1.06. The third kappa shape index (κ3) is 2.08. The lowest BCUT2D eigenvalue weighted by Gasteiger charge is -2.21. The van der Waals surface area contributed by atoms with E-state index in [0.717, 1.165) is 0 Å². The van der Waals surface area contributed by atoms with Gasteiger partial charge in [-0.2, -0.15) is 0 Å². The van der Waals surface area contributed by atoms with Crippen molar-refractivity contribution in [2.24, 2.45) is 0 Å². The molecule has 0 aromatic rings. The first kappa shape index (κ1) is 11.2.